The molecule has 0 amide bonds. The summed E-state index contributed by atoms with van der Waals surface area (Å²) in [5, 5.41) is 11.1. The van der Waals surface area contributed by atoms with Gasteiger partial charge in [0.05, 0.1) is 11.4 Å². The molecule has 0 aliphatic rings. The van der Waals surface area contributed by atoms with Crippen LogP contribution in [0, 0.1) is 13.8 Å². The second-order valence-electron chi connectivity index (χ2n) is 3.69. The molecule has 1 atom stereocenters. The van der Waals surface area contributed by atoms with Crippen LogP contribution in [0.2, 0.25) is 0 Å². The van der Waals surface area contributed by atoms with E-state index in [0.717, 1.165) is 30.8 Å². The number of nitrogens with one attached hydrogen (secondary N) is 1. The Labute approximate surface area is 90.5 Å². The van der Waals surface area contributed by atoms with Crippen LogP contribution >= 0.6 is 0 Å². The van der Waals surface area contributed by atoms with Gasteiger partial charge in [0.15, 0.2) is 0 Å². The van der Waals surface area contributed by atoms with Crippen molar-refractivity contribution in [2.24, 2.45) is 5.73 Å². The van der Waals surface area contributed by atoms with Crippen LogP contribution in [-0.2, 0) is 0 Å². The van der Waals surface area contributed by atoms with E-state index in [9.17, 15) is 0 Å². The second kappa shape index (κ2) is 5.60. The normalized spacial score (nSPS) is 12.5. The molecule has 0 aliphatic carbocycles. The van der Waals surface area contributed by atoms with Crippen LogP contribution in [-0.4, -0.2) is 27.8 Å². The summed E-state index contributed by atoms with van der Waals surface area (Å²) < 4.78 is 0. The molecule has 1 heterocycles. The first-order valence-electron chi connectivity index (χ1n) is 5.30. The predicted octanol–water partition coefficient (Wildman–Crippen LogP) is 1.03. The minimum atomic E-state index is 0.247. The maximum Gasteiger partial charge on any atom is 0.242 e. The summed E-state index contributed by atoms with van der Waals surface area (Å²) in [6.07, 6.45) is 1.92. The van der Waals surface area contributed by atoms with Crippen LogP contribution in [0.15, 0.2) is 0 Å². The van der Waals surface area contributed by atoms with E-state index >= 15 is 0 Å². The van der Waals surface area contributed by atoms with E-state index in [1.54, 1.807) is 0 Å². The molecule has 0 radical (unpaired) electrons. The highest BCUT2D eigenvalue weighted by molar-refractivity contribution is 5.24. The average Bonchev–Trinajstić information content (AvgIpc) is 2.23. The first kappa shape index (κ1) is 11.8. The number of aryl methyl sites for hydroxylation is 2. The molecule has 84 valence electrons. The molecule has 1 aromatic heterocycles. The molecule has 0 spiro atoms. The average molecular weight is 209 g/mol. The number of aromatic nitrogens is 3. The van der Waals surface area contributed by atoms with Crippen LogP contribution in [0.5, 0.6) is 0 Å². The van der Waals surface area contributed by atoms with Gasteiger partial charge in [0.1, 0.15) is 0 Å². The van der Waals surface area contributed by atoms with Crippen LogP contribution in [0.4, 0.5) is 5.95 Å². The zero-order chi connectivity index (χ0) is 11.3. The van der Waals surface area contributed by atoms with E-state index in [2.05, 4.69) is 27.4 Å². The van der Waals surface area contributed by atoms with Gasteiger partial charge >= 0.3 is 0 Å². The van der Waals surface area contributed by atoms with Crippen molar-refractivity contribution in [1.29, 1.82) is 0 Å². The lowest BCUT2D eigenvalue weighted by Crippen LogP contribution is -2.22. The van der Waals surface area contributed by atoms with Gasteiger partial charge in [0, 0.05) is 12.6 Å². The Kier molecular flexibility index (Phi) is 4.42. The Morgan fingerprint density at radius 2 is 2.00 bits per heavy atom. The molecule has 1 unspecified atom stereocenters. The van der Waals surface area contributed by atoms with E-state index in [1.165, 1.54) is 0 Å². The smallest absolute Gasteiger partial charge is 0.242 e. The molecule has 0 aliphatic heterocycles. The maximum atomic E-state index is 5.79. The fourth-order valence-electron chi connectivity index (χ4n) is 1.11. The third-order valence-corrected chi connectivity index (χ3v) is 2.41. The Bertz CT molecular complexity index is 313. The number of hydrogen-bond acceptors (Lipinski definition) is 5. The van der Waals surface area contributed by atoms with Crippen LogP contribution in [0.25, 0.3) is 0 Å². The highest BCUT2D eigenvalue weighted by atomic mass is 15.2. The number of anilines is 1. The van der Waals surface area contributed by atoms with E-state index < -0.39 is 0 Å². The number of nitrogens with two attached hydrogens (primary N) is 1. The third-order valence-electron chi connectivity index (χ3n) is 2.41. The molecular formula is C10H19N5. The van der Waals surface area contributed by atoms with Gasteiger partial charge < -0.3 is 11.1 Å². The summed E-state index contributed by atoms with van der Waals surface area (Å²) in [4.78, 5) is 4.27. The van der Waals surface area contributed by atoms with Crippen molar-refractivity contribution in [3.63, 3.8) is 0 Å². The lowest BCUT2D eigenvalue weighted by Gasteiger charge is -2.09. The standard InChI is InChI=1S/C10H19N5/c1-4-9(11)5-6-12-10-13-7(2)8(3)14-15-10/h9H,4-6,11H2,1-3H3,(H,12,13,15). The largest absolute Gasteiger partial charge is 0.353 e. The van der Waals surface area contributed by atoms with E-state index in [-0.39, 0.29) is 6.04 Å². The van der Waals surface area contributed by atoms with Crippen LogP contribution < -0.4 is 11.1 Å². The molecule has 5 heteroatoms. The van der Waals surface area contributed by atoms with Crippen molar-refractivity contribution in [3.8, 4) is 0 Å². The molecule has 1 rings (SSSR count). The first-order valence-corrected chi connectivity index (χ1v) is 5.30. The third kappa shape index (κ3) is 3.79. The zero-order valence-corrected chi connectivity index (χ0v) is 9.62. The molecule has 0 aromatic carbocycles. The molecule has 3 N–H and O–H groups in total. The molecule has 0 saturated heterocycles. The summed E-state index contributed by atoms with van der Waals surface area (Å²) in [7, 11) is 0. The van der Waals surface area contributed by atoms with Gasteiger partial charge in [0.25, 0.3) is 0 Å². The monoisotopic (exact) mass is 209 g/mol. The van der Waals surface area contributed by atoms with Gasteiger partial charge in [-0.2, -0.15) is 5.10 Å². The van der Waals surface area contributed by atoms with E-state index in [1.807, 2.05) is 13.8 Å². The second-order valence-corrected chi connectivity index (χ2v) is 3.69. The van der Waals surface area contributed by atoms with Crippen molar-refractivity contribution in [2.45, 2.75) is 39.7 Å². The van der Waals surface area contributed by atoms with Gasteiger partial charge in [-0.3, -0.25) is 0 Å². The molecular weight excluding hydrogens is 190 g/mol. The lowest BCUT2D eigenvalue weighted by atomic mass is 10.2. The molecule has 0 saturated carbocycles. The van der Waals surface area contributed by atoms with Gasteiger partial charge in [-0.1, -0.05) is 6.92 Å². The summed E-state index contributed by atoms with van der Waals surface area (Å²) in [6.45, 7) is 6.69. The van der Waals surface area contributed by atoms with Crippen molar-refractivity contribution < 1.29 is 0 Å². The van der Waals surface area contributed by atoms with Crippen molar-refractivity contribution >= 4 is 5.95 Å². The summed E-state index contributed by atoms with van der Waals surface area (Å²) in [6, 6.07) is 0.247. The zero-order valence-electron chi connectivity index (χ0n) is 9.62. The highest BCUT2D eigenvalue weighted by Gasteiger charge is 2.02. The van der Waals surface area contributed by atoms with E-state index in [0.29, 0.717) is 5.95 Å². The summed E-state index contributed by atoms with van der Waals surface area (Å²) in [5.74, 6) is 0.585. The summed E-state index contributed by atoms with van der Waals surface area (Å²) in [5.41, 5.74) is 7.57. The number of nitrogens with zero attached hydrogens (tertiary/aromatic N) is 3. The summed E-state index contributed by atoms with van der Waals surface area (Å²) >= 11 is 0. The van der Waals surface area contributed by atoms with Gasteiger partial charge in [-0.25, -0.2) is 4.98 Å². The van der Waals surface area contributed by atoms with Crippen molar-refractivity contribution in [1.82, 2.24) is 15.2 Å². The predicted molar refractivity (Wildman–Crippen MR) is 60.7 cm³/mol. The van der Waals surface area contributed by atoms with Crippen LogP contribution in [0.3, 0.4) is 0 Å². The fraction of sp³-hybridized carbons (Fsp3) is 0.700. The fourth-order valence-corrected chi connectivity index (χ4v) is 1.11. The molecule has 15 heavy (non-hydrogen) atoms. The Morgan fingerprint density at radius 3 is 2.60 bits per heavy atom. The van der Waals surface area contributed by atoms with Crippen molar-refractivity contribution in [2.75, 3.05) is 11.9 Å². The topological polar surface area (TPSA) is 76.7 Å². The minimum Gasteiger partial charge on any atom is -0.353 e. The quantitative estimate of drug-likeness (QED) is 0.757. The minimum absolute atomic E-state index is 0.247. The van der Waals surface area contributed by atoms with Crippen molar-refractivity contribution in [3.05, 3.63) is 11.4 Å². The number of hydrogen-bond donors (Lipinski definition) is 2. The highest BCUT2D eigenvalue weighted by Crippen LogP contribution is 2.02. The lowest BCUT2D eigenvalue weighted by molar-refractivity contribution is 0.611. The first-order chi connectivity index (χ1) is 7.13. The van der Waals surface area contributed by atoms with Crippen LogP contribution in [0.1, 0.15) is 31.2 Å². The van der Waals surface area contributed by atoms with Gasteiger partial charge in [-0.15, -0.1) is 5.10 Å². The van der Waals surface area contributed by atoms with E-state index in [4.69, 9.17) is 5.73 Å². The van der Waals surface area contributed by atoms with Gasteiger partial charge in [-0.05, 0) is 26.7 Å². The number of rotatable bonds is 5. The van der Waals surface area contributed by atoms with Gasteiger partial charge in [0.2, 0.25) is 5.95 Å². The Morgan fingerprint density at radius 1 is 1.27 bits per heavy atom. The molecule has 0 fully saturated rings. The Balaban J connectivity index is 2.41. The Hall–Kier alpha value is -1.23. The molecule has 5 nitrogen and oxygen atoms in total. The maximum absolute atomic E-state index is 5.79. The molecule has 0 bridgehead atoms. The molecule has 1 aromatic rings. The SMILES string of the molecule is CCC(N)CCNc1nnc(C)c(C)n1.